The molecule has 6 heterocycles. The molecule has 176 valence electrons. The molecule has 9 nitrogen and oxygen atoms in total. The number of nitrogens with zero attached hydrogens (tertiary/aromatic N) is 8. The Morgan fingerprint density at radius 1 is 1.00 bits per heavy atom. The third-order valence-corrected chi connectivity index (χ3v) is 6.15. The van der Waals surface area contributed by atoms with Crippen molar-refractivity contribution in [2.75, 3.05) is 18.6 Å². The Morgan fingerprint density at radius 3 is 2.80 bits per heavy atom. The smallest absolute Gasteiger partial charge is 0.213 e. The second kappa shape index (κ2) is 8.42. The minimum atomic E-state index is -0.699. The van der Waals surface area contributed by atoms with Gasteiger partial charge in [-0.2, -0.15) is 14.6 Å². The van der Waals surface area contributed by atoms with Gasteiger partial charge in [0, 0.05) is 36.3 Å². The topological polar surface area (TPSA) is 86.3 Å². The summed E-state index contributed by atoms with van der Waals surface area (Å²) >= 11 is 0. The summed E-state index contributed by atoms with van der Waals surface area (Å²) in [7, 11) is 1.59. The lowest BCUT2D eigenvalue weighted by molar-refractivity contribution is 0.413. The number of pyridine rings is 2. The van der Waals surface area contributed by atoms with E-state index in [4.69, 9.17) is 9.72 Å². The standard InChI is InChI=1S/C24H20F2N8O/c1-35-17-9-15(10-27-12-17)16-11-28-34(14-16)20-13-29-33-8-6-22(31-24(20)33)32-7-2-3-19(32)23-18(25)4-5-21(26)30-23/h4-6,8-14,19H,2-3,7H2,1H3/t19-/m0/s1. The van der Waals surface area contributed by atoms with E-state index in [9.17, 15) is 8.78 Å². The maximum Gasteiger partial charge on any atom is 0.213 e. The van der Waals surface area contributed by atoms with E-state index in [0.29, 0.717) is 35.9 Å². The highest BCUT2D eigenvalue weighted by atomic mass is 19.1. The summed E-state index contributed by atoms with van der Waals surface area (Å²) < 4.78 is 36.8. The predicted molar refractivity (Wildman–Crippen MR) is 123 cm³/mol. The fourth-order valence-corrected chi connectivity index (χ4v) is 4.45. The largest absolute Gasteiger partial charge is 0.495 e. The van der Waals surface area contributed by atoms with Crippen LogP contribution >= 0.6 is 0 Å². The zero-order chi connectivity index (χ0) is 23.9. The first-order chi connectivity index (χ1) is 17.1. The van der Waals surface area contributed by atoms with Crippen molar-refractivity contribution in [3.05, 3.63) is 78.9 Å². The van der Waals surface area contributed by atoms with Gasteiger partial charge in [-0.25, -0.2) is 23.6 Å². The zero-order valence-electron chi connectivity index (χ0n) is 18.7. The van der Waals surface area contributed by atoms with Crippen LogP contribution in [-0.4, -0.2) is 48.0 Å². The fourth-order valence-electron chi connectivity index (χ4n) is 4.45. The molecule has 1 fully saturated rings. The molecule has 1 aliphatic rings. The summed E-state index contributed by atoms with van der Waals surface area (Å²) in [6.07, 6.45) is 11.9. The number of hydrogen-bond donors (Lipinski definition) is 0. The summed E-state index contributed by atoms with van der Waals surface area (Å²) in [5, 5.41) is 8.89. The number of methoxy groups -OCH3 is 1. The maximum atomic E-state index is 14.5. The molecule has 0 bridgehead atoms. The number of anilines is 1. The minimum absolute atomic E-state index is 0.0986. The Labute approximate surface area is 198 Å². The van der Waals surface area contributed by atoms with E-state index in [2.05, 4.69) is 20.2 Å². The van der Waals surface area contributed by atoms with Crippen molar-refractivity contribution >= 4 is 11.5 Å². The summed E-state index contributed by atoms with van der Waals surface area (Å²) in [5.41, 5.74) is 3.09. The van der Waals surface area contributed by atoms with Gasteiger partial charge in [-0.15, -0.1) is 0 Å². The number of fused-ring (bicyclic) bond motifs is 1. The molecule has 5 aromatic heterocycles. The van der Waals surface area contributed by atoms with Gasteiger partial charge in [-0.05, 0) is 37.1 Å². The van der Waals surface area contributed by atoms with E-state index in [-0.39, 0.29) is 5.69 Å². The summed E-state index contributed by atoms with van der Waals surface area (Å²) in [4.78, 5) is 14.8. The lowest BCUT2D eigenvalue weighted by atomic mass is 10.1. The van der Waals surface area contributed by atoms with E-state index < -0.39 is 17.8 Å². The van der Waals surface area contributed by atoms with Gasteiger partial charge in [0.15, 0.2) is 5.65 Å². The van der Waals surface area contributed by atoms with E-state index in [1.807, 2.05) is 23.2 Å². The van der Waals surface area contributed by atoms with Crippen LogP contribution in [0.2, 0.25) is 0 Å². The van der Waals surface area contributed by atoms with Crippen molar-refractivity contribution in [3.63, 3.8) is 0 Å². The Hall–Kier alpha value is -4.41. The molecular weight excluding hydrogens is 454 g/mol. The average molecular weight is 474 g/mol. The van der Waals surface area contributed by atoms with Gasteiger partial charge in [0.1, 0.15) is 28.8 Å². The molecule has 0 spiro atoms. The van der Waals surface area contributed by atoms with Gasteiger partial charge >= 0.3 is 0 Å². The highest BCUT2D eigenvalue weighted by molar-refractivity contribution is 5.65. The van der Waals surface area contributed by atoms with E-state index in [1.54, 1.807) is 47.3 Å². The lowest BCUT2D eigenvalue weighted by Gasteiger charge is -2.25. The van der Waals surface area contributed by atoms with Crippen molar-refractivity contribution in [1.29, 1.82) is 0 Å². The second-order valence-corrected chi connectivity index (χ2v) is 8.22. The molecule has 0 radical (unpaired) electrons. The van der Waals surface area contributed by atoms with Crippen molar-refractivity contribution in [3.8, 4) is 22.6 Å². The number of halogens is 2. The Morgan fingerprint density at radius 2 is 1.91 bits per heavy atom. The molecular formula is C24H20F2N8O. The SMILES string of the molecule is COc1cncc(-c2cnn(-c3cnn4ccc(N5CCC[C@H]5c5nc(F)ccc5F)nc34)c2)c1. The van der Waals surface area contributed by atoms with Crippen LogP contribution in [-0.2, 0) is 0 Å². The van der Waals surface area contributed by atoms with Crippen LogP contribution in [0.5, 0.6) is 5.75 Å². The second-order valence-electron chi connectivity index (χ2n) is 8.22. The first-order valence-electron chi connectivity index (χ1n) is 11.1. The highest BCUT2D eigenvalue weighted by Gasteiger charge is 2.31. The number of ether oxygens (including phenoxy) is 1. The molecule has 1 aliphatic heterocycles. The van der Waals surface area contributed by atoms with E-state index in [0.717, 1.165) is 29.7 Å². The van der Waals surface area contributed by atoms with E-state index in [1.165, 1.54) is 0 Å². The fraction of sp³-hybridized carbons (Fsp3) is 0.208. The summed E-state index contributed by atoms with van der Waals surface area (Å²) in [6, 6.07) is 5.45. The van der Waals surface area contributed by atoms with E-state index >= 15 is 0 Å². The first-order valence-corrected chi connectivity index (χ1v) is 11.1. The van der Waals surface area contributed by atoms with Crippen LogP contribution in [0.4, 0.5) is 14.6 Å². The molecule has 1 atom stereocenters. The molecule has 0 amide bonds. The molecule has 6 rings (SSSR count). The highest BCUT2D eigenvalue weighted by Crippen LogP contribution is 2.36. The average Bonchev–Trinajstić information content (AvgIpc) is 3.64. The van der Waals surface area contributed by atoms with Crippen molar-refractivity contribution in [1.82, 2.24) is 34.3 Å². The summed E-state index contributed by atoms with van der Waals surface area (Å²) in [6.45, 7) is 0.656. The minimum Gasteiger partial charge on any atom is -0.495 e. The van der Waals surface area contributed by atoms with Crippen LogP contribution in [0.1, 0.15) is 24.6 Å². The molecule has 35 heavy (non-hydrogen) atoms. The van der Waals surface area contributed by atoms with Crippen molar-refractivity contribution in [2.24, 2.45) is 0 Å². The Kier molecular flexibility index (Phi) is 5.09. The zero-order valence-corrected chi connectivity index (χ0v) is 18.7. The van der Waals surface area contributed by atoms with Gasteiger partial charge in [0.05, 0.1) is 31.7 Å². The van der Waals surface area contributed by atoms with Gasteiger partial charge in [-0.1, -0.05) is 0 Å². The molecule has 0 aromatic carbocycles. The molecule has 5 aromatic rings. The Bertz CT molecular complexity index is 1530. The molecule has 0 aliphatic carbocycles. The van der Waals surface area contributed by atoms with Crippen molar-refractivity contribution < 1.29 is 13.5 Å². The third kappa shape index (κ3) is 3.74. The molecule has 0 N–H and O–H groups in total. The molecule has 1 saturated heterocycles. The lowest BCUT2D eigenvalue weighted by Crippen LogP contribution is -2.25. The van der Waals surface area contributed by atoms with Crippen molar-refractivity contribution in [2.45, 2.75) is 18.9 Å². The molecule has 0 unspecified atom stereocenters. The quantitative estimate of drug-likeness (QED) is 0.356. The van der Waals surface area contributed by atoms with Crippen LogP contribution in [0.15, 0.2) is 61.4 Å². The third-order valence-electron chi connectivity index (χ3n) is 6.15. The van der Waals surface area contributed by atoms with Crippen LogP contribution in [0.3, 0.4) is 0 Å². The first kappa shape index (κ1) is 21.1. The molecule has 0 saturated carbocycles. The van der Waals surface area contributed by atoms with Gasteiger partial charge < -0.3 is 9.64 Å². The maximum absolute atomic E-state index is 14.5. The summed E-state index contributed by atoms with van der Waals surface area (Å²) in [5.74, 6) is 0.0690. The number of aromatic nitrogens is 7. The Balaban J connectivity index is 1.36. The van der Waals surface area contributed by atoms with Gasteiger partial charge in [0.2, 0.25) is 5.95 Å². The van der Waals surface area contributed by atoms with Gasteiger partial charge in [-0.3, -0.25) is 4.98 Å². The van der Waals surface area contributed by atoms with Gasteiger partial charge in [0.25, 0.3) is 0 Å². The predicted octanol–water partition coefficient (Wildman–Crippen LogP) is 4.00. The van der Waals surface area contributed by atoms with Crippen LogP contribution in [0, 0.1) is 11.8 Å². The normalized spacial score (nSPS) is 15.7. The van der Waals surface area contributed by atoms with Crippen LogP contribution < -0.4 is 9.64 Å². The number of hydrogen-bond acceptors (Lipinski definition) is 7. The molecule has 11 heteroatoms. The van der Waals surface area contributed by atoms with Crippen LogP contribution in [0.25, 0.3) is 22.5 Å². The monoisotopic (exact) mass is 474 g/mol. The number of rotatable bonds is 5.